The van der Waals surface area contributed by atoms with Crippen LogP contribution in [0.1, 0.15) is 29.7 Å². The van der Waals surface area contributed by atoms with Gasteiger partial charge < -0.3 is 10.5 Å². The molecule has 0 saturated carbocycles. The van der Waals surface area contributed by atoms with Gasteiger partial charge in [0, 0.05) is 18.0 Å². The molecule has 2 aromatic rings. The third kappa shape index (κ3) is 2.33. The van der Waals surface area contributed by atoms with Crippen molar-refractivity contribution in [2.24, 2.45) is 0 Å². The molecule has 0 radical (unpaired) electrons. The first-order valence-electron chi connectivity index (χ1n) is 5.42. The molecular formula is C10H13N5O2S. The summed E-state index contributed by atoms with van der Waals surface area (Å²) in [6.07, 6.45) is 3.32. The average molecular weight is 267 g/mol. The highest BCUT2D eigenvalue weighted by Crippen LogP contribution is 2.16. The van der Waals surface area contributed by atoms with Crippen LogP contribution in [0.2, 0.25) is 0 Å². The van der Waals surface area contributed by atoms with Crippen molar-refractivity contribution < 1.29 is 9.53 Å². The molecule has 0 aliphatic heterocycles. The predicted molar refractivity (Wildman–Crippen MR) is 66.8 cm³/mol. The summed E-state index contributed by atoms with van der Waals surface area (Å²) in [6, 6.07) is 0. The average Bonchev–Trinajstić information content (AvgIpc) is 2.95. The lowest BCUT2D eigenvalue weighted by molar-refractivity contribution is 0.0594. The Kier molecular flexibility index (Phi) is 3.56. The van der Waals surface area contributed by atoms with Crippen LogP contribution in [0.3, 0.4) is 0 Å². The topological polar surface area (TPSA) is 95.9 Å². The lowest BCUT2D eigenvalue weighted by Crippen LogP contribution is -2.06. The number of hydrogen-bond acceptors (Lipinski definition) is 7. The summed E-state index contributed by atoms with van der Waals surface area (Å²) in [7, 11) is 1.28. The van der Waals surface area contributed by atoms with Gasteiger partial charge in [0.2, 0.25) is 5.13 Å². The second-order valence-electron chi connectivity index (χ2n) is 3.61. The molecule has 7 nitrogen and oxygen atoms in total. The van der Waals surface area contributed by atoms with Crippen LogP contribution < -0.4 is 5.73 Å². The van der Waals surface area contributed by atoms with Crippen molar-refractivity contribution in [1.29, 1.82) is 0 Å². The number of hydrogen-bond donors (Lipinski definition) is 1. The van der Waals surface area contributed by atoms with Gasteiger partial charge in [-0.3, -0.25) is 0 Å². The first kappa shape index (κ1) is 12.5. The Bertz CT molecular complexity index is 562. The zero-order valence-corrected chi connectivity index (χ0v) is 10.9. The number of ether oxygens (including phenoxy) is 1. The molecule has 0 fully saturated rings. The van der Waals surface area contributed by atoms with Crippen molar-refractivity contribution in [3.8, 4) is 5.13 Å². The monoisotopic (exact) mass is 267 g/mol. The van der Waals surface area contributed by atoms with Gasteiger partial charge in [-0.15, -0.1) is 0 Å². The number of rotatable bonds is 4. The maximum Gasteiger partial charge on any atom is 0.360 e. The molecule has 2 rings (SSSR count). The molecule has 18 heavy (non-hydrogen) atoms. The summed E-state index contributed by atoms with van der Waals surface area (Å²) in [5.41, 5.74) is 6.04. The van der Waals surface area contributed by atoms with E-state index in [4.69, 9.17) is 5.73 Å². The lowest BCUT2D eigenvalue weighted by atomic mass is 10.3. The van der Waals surface area contributed by atoms with Gasteiger partial charge in [0.25, 0.3) is 0 Å². The molecule has 0 aliphatic carbocycles. The van der Waals surface area contributed by atoms with Crippen molar-refractivity contribution in [3.05, 3.63) is 17.7 Å². The van der Waals surface area contributed by atoms with E-state index in [1.165, 1.54) is 29.5 Å². The van der Waals surface area contributed by atoms with Crippen molar-refractivity contribution in [2.45, 2.75) is 19.8 Å². The van der Waals surface area contributed by atoms with E-state index in [1.54, 1.807) is 0 Å². The summed E-state index contributed by atoms with van der Waals surface area (Å²) >= 11 is 1.22. The van der Waals surface area contributed by atoms with E-state index >= 15 is 0 Å². The Morgan fingerprint density at radius 1 is 1.61 bits per heavy atom. The van der Waals surface area contributed by atoms with E-state index in [0.717, 1.165) is 18.7 Å². The minimum Gasteiger partial charge on any atom is -0.464 e. The number of aromatic nitrogens is 4. The molecule has 0 saturated heterocycles. The third-order valence-electron chi connectivity index (χ3n) is 2.25. The van der Waals surface area contributed by atoms with Crippen molar-refractivity contribution in [3.63, 3.8) is 0 Å². The Morgan fingerprint density at radius 3 is 3.06 bits per heavy atom. The fourth-order valence-electron chi connectivity index (χ4n) is 1.40. The third-order valence-corrected chi connectivity index (χ3v) is 2.99. The molecular weight excluding hydrogens is 254 g/mol. The van der Waals surface area contributed by atoms with Gasteiger partial charge in [0.05, 0.1) is 19.0 Å². The largest absolute Gasteiger partial charge is 0.464 e. The van der Waals surface area contributed by atoms with E-state index in [0.29, 0.717) is 5.13 Å². The minimum absolute atomic E-state index is 0.0877. The number of nitrogens with two attached hydrogens (primary N) is 1. The number of esters is 1. The van der Waals surface area contributed by atoms with Crippen LogP contribution in [0.4, 0.5) is 5.69 Å². The van der Waals surface area contributed by atoms with E-state index in [2.05, 4.69) is 26.1 Å². The molecule has 0 aliphatic rings. The number of anilines is 1. The molecule has 0 unspecified atom stereocenters. The Hall–Kier alpha value is -1.96. The van der Waals surface area contributed by atoms with Gasteiger partial charge in [0.1, 0.15) is 5.82 Å². The second-order valence-corrected chi connectivity index (χ2v) is 4.34. The highest BCUT2D eigenvalue weighted by atomic mass is 32.1. The Morgan fingerprint density at radius 2 is 2.39 bits per heavy atom. The van der Waals surface area contributed by atoms with Gasteiger partial charge in [0.15, 0.2) is 5.69 Å². The van der Waals surface area contributed by atoms with Crippen LogP contribution in [0.5, 0.6) is 0 Å². The van der Waals surface area contributed by atoms with Crippen molar-refractivity contribution in [1.82, 2.24) is 19.1 Å². The highest BCUT2D eigenvalue weighted by Gasteiger charge is 2.17. The number of aryl methyl sites for hydroxylation is 1. The normalized spacial score (nSPS) is 10.6. The summed E-state index contributed by atoms with van der Waals surface area (Å²) in [6.45, 7) is 2.06. The molecule has 2 heterocycles. The van der Waals surface area contributed by atoms with Gasteiger partial charge in [-0.1, -0.05) is 6.92 Å². The van der Waals surface area contributed by atoms with Crippen LogP contribution in [-0.4, -0.2) is 32.2 Å². The standard InChI is InChI=1S/C10H13N5O2S/c1-3-4-7-12-10(18-14-7)15-5-6(11)8(13-15)9(16)17-2/h5H,3-4,11H2,1-2H3. The maximum absolute atomic E-state index is 11.4. The number of methoxy groups -OCH3 is 1. The first-order chi connectivity index (χ1) is 8.65. The molecule has 0 amide bonds. The second kappa shape index (κ2) is 5.13. The molecule has 96 valence electrons. The predicted octanol–water partition coefficient (Wildman–Crippen LogP) is 1.05. The van der Waals surface area contributed by atoms with E-state index in [-0.39, 0.29) is 11.4 Å². The van der Waals surface area contributed by atoms with Crippen LogP contribution in [0.15, 0.2) is 6.20 Å². The molecule has 0 bridgehead atoms. The zero-order chi connectivity index (χ0) is 13.1. The van der Waals surface area contributed by atoms with Crippen LogP contribution in [-0.2, 0) is 11.2 Å². The fraction of sp³-hybridized carbons (Fsp3) is 0.400. The zero-order valence-electron chi connectivity index (χ0n) is 10.1. The summed E-state index contributed by atoms with van der Waals surface area (Å²) < 4.78 is 10.2. The van der Waals surface area contributed by atoms with Crippen LogP contribution >= 0.6 is 11.5 Å². The highest BCUT2D eigenvalue weighted by molar-refractivity contribution is 7.08. The molecule has 2 aromatic heterocycles. The molecule has 2 N–H and O–H groups in total. The number of carbonyl (C=O) groups excluding carboxylic acids is 1. The Labute approximate surface area is 108 Å². The quantitative estimate of drug-likeness (QED) is 0.832. The molecule has 0 atom stereocenters. The van der Waals surface area contributed by atoms with Crippen molar-refractivity contribution >= 4 is 23.2 Å². The van der Waals surface area contributed by atoms with Gasteiger partial charge >= 0.3 is 5.97 Å². The van der Waals surface area contributed by atoms with Gasteiger partial charge in [-0.05, 0) is 6.42 Å². The summed E-state index contributed by atoms with van der Waals surface area (Å²) in [5.74, 6) is 0.204. The van der Waals surface area contributed by atoms with E-state index < -0.39 is 5.97 Å². The smallest absolute Gasteiger partial charge is 0.360 e. The number of carbonyl (C=O) groups is 1. The maximum atomic E-state index is 11.4. The van der Waals surface area contributed by atoms with E-state index in [9.17, 15) is 4.79 Å². The van der Waals surface area contributed by atoms with E-state index in [1.807, 2.05) is 0 Å². The SMILES string of the molecule is CCCc1nsc(-n2cc(N)c(C(=O)OC)n2)n1. The van der Waals surface area contributed by atoms with Crippen molar-refractivity contribution in [2.75, 3.05) is 12.8 Å². The molecule has 0 spiro atoms. The summed E-state index contributed by atoms with van der Waals surface area (Å²) in [4.78, 5) is 15.7. The first-order valence-corrected chi connectivity index (χ1v) is 6.19. The Balaban J connectivity index is 2.30. The summed E-state index contributed by atoms with van der Waals surface area (Å²) in [5, 5.41) is 4.63. The molecule has 8 heteroatoms. The van der Waals surface area contributed by atoms with Crippen LogP contribution in [0, 0.1) is 0 Å². The van der Waals surface area contributed by atoms with Gasteiger partial charge in [-0.25, -0.2) is 14.5 Å². The minimum atomic E-state index is -0.565. The lowest BCUT2D eigenvalue weighted by Gasteiger charge is -1.94. The van der Waals surface area contributed by atoms with Crippen LogP contribution in [0.25, 0.3) is 5.13 Å². The fourth-order valence-corrected chi connectivity index (χ4v) is 2.05. The number of nitrogen functional groups attached to an aromatic ring is 1. The molecule has 0 aromatic carbocycles. The number of nitrogens with zero attached hydrogens (tertiary/aromatic N) is 4. The van der Waals surface area contributed by atoms with Gasteiger partial charge in [-0.2, -0.15) is 9.47 Å².